The highest BCUT2D eigenvalue weighted by Gasteiger charge is 2.37. The summed E-state index contributed by atoms with van der Waals surface area (Å²) in [5.74, 6) is 1.53. The highest BCUT2D eigenvalue weighted by molar-refractivity contribution is 6.16. The normalized spacial score (nSPS) is 20.4. The fourth-order valence-corrected chi connectivity index (χ4v) is 6.54. The molecule has 2 aromatic carbocycles. The Morgan fingerprint density at radius 3 is 2.35 bits per heavy atom. The molecule has 3 unspecified atom stereocenters. The van der Waals surface area contributed by atoms with E-state index >= 15 is 0 Å². The number of hydrogen-bond acceptors (Lipinski definition) is 7. The Morgan fingerprint density at radius 2 is 1.75 bits per heavy atom. The van der Waals surface area contributed by atoms with Gasteiger partial charge in [0.2, 0.25) is 11.8 Å². The lowest BCUT2D eigenvalue weighted by atomic mass is 9.90. The maximum absolute atomic E-state index is 14.7. The minimum atomic E-state index is -0.362. The Hall–Kier alpha value is -4.64. The molecular weight excluding hydrogens is 608 g/mol. The minimum absolute atomic E-state index is 0.0219. The average Bonchev–Trinajstić information content (AvgIpc) is 3.08. The van der Waals surface area contributed by atoms with Gasteiger partial charge in [-0.25, -0.2) is 9.79 Å². The first-order chi connectivity index (χ1) is 23.0. The number of allylic oxidation sites excluding steroid dienone is 1. The fourth-order valence-electron chi connectivity index (χ4n) is 6.54. The molecule has 1 aliphatic carbocycles. The summed E-state index contributed by atoms with van der Waals surface area (Å²) in [4.78, 5) is 47.6. The first-order valence-electron chi connectivity index (χ1n) is 16.7. The third-order valence-electron chi connectivity index (χ3n) is 9.03. The molecule has 0 radical (unpaired) electrons. The van der Waals surface area contributed by atoms with Gasteiger partial charge in [0.05, 0.1) is 39.2 Å². The van der Waals surface area contributed by atoms with Gasteiger partial charge < -0.3 is 20.1 Å². The molecule has 258 valence electrons. The van der Waals surface area contributed by atoms with Crippen LogP contribution in [0.3, 0.4) is 0 Å². The number of hydrogen-bond donors (Lipinski definition) is 3. The van der Waals surface area contributed by atoms with Crippen LogP contribution < -0.4 is 30.3 Å². The maximum atomic E-state index is 14.7. The first-order valence-corrected chi connectivity index (χ1v) is 16.7. The number of urea groups is 1. The number of amidine groups is 1. The van der Waals surface area contributed by atoms with Gasteiger partial charge in [-0.3, -0.25) is 24.7 Å². The molecule has 4 amide bonds. The Balaban J connectivity index is 1.76. The predicted octanol–water partition coefficient (Wildman–Crippen LogP) is 6.01. The molecule has 2 aliphatic rings. The zero-order valence-electron chi connectivity index (χ0n) is 29.3. The van der Waals surface area contributed by atoms with Crippen LogP contribution in [0.4, 0.5) is 16.2 Å². The Bertz CT molecular complexity index is 1560. The third kappa shape index (κ3) is 8.25. The smallest absolute Gasteiger partial charge is 0.330 e. The molecule has 1 aliphatic heterocycles. The molecule has 1 heterocycles. The SMILES string of the molecule is C=CC(=O)NC1CCCCC1NC(C)/N=C1\C(=C/C)CN(c2c(C)c(OC)cc(OC)c2C)C(=O)N1Cc1cccc(NC(=O)CC)c1. The highest BCUT2D eigenvalue weighted by atomic mass is 16.5. The van der Waals surface area contributed by atoms with Crippen molar-refractivity contribution in [3.63, 3.8) is 0 Å². The van der Waals surface area contributed by atoms with Gasteiger partial charge in [0, 0.05) is 47.0 Å². The topological polar surface area (TPSA) is 125 Å². The van der Waals surface area contributed by atoms with Crippen LogP contribution in [-0.2, 0) is 16.1 Å². The Kier molecular flexibility index (Phi) is 12.4. The molecule has 1 saturated carbocycles. The summed E-state index contributed by atoms with van der Waals surface area (Å²) in [5, 5.41) is 9.61. The van der Waals surface area contributed by atoms with Crippen molar-refractivity contribution in [2.45, 2.75) is 91.5 Å². The van der Waals surface area contributed by atoms with Gasteiger partial charge in [-0.15, -0.1) is 0 Å². The molecule has 3 N–H and O–H groups in total. The van der Waals surface area contributed by atoms with Gasteiger partial charge in [0.15, 0.2) is 0 Å². The van der Waals surface area contributed by atoms with E-state index in [-0.39, 0.29) is 42.6 Å². The molecule has 3 atom stereocenters. The van der Waals surface area contributed by atoms with Crippen LogP contribution in [0.25, 0.3) is 0 Å². The van der Waals surface area contributed by atoms with Crippen LogP contribution in [0.2, 0.25) is 0 Å². The lowest BCUT2D eigenvalue weighted by Gasteiger charge is -2.40. The van der Waals surface area contributed by atoms with Crippen LogP contribution in [0.1, 0.15) is 69.6 Å². The van der Waals surface area contributed by atoms with Gasteiger partial charge in [-0.05, 0) is 64.3 Å². The molecular formula is C37H50N6O5. The summed E-state index contributed by atoms with van der Waals surface area (Å²) >= 11 is 0. The number of nitrogens with zero attached hydrogens (tertiary/aromatic N) is 3. The number of benzene rings is 2. The number of amides is 4. The summed E-state index contributed by atoms with van der Waals surface area (Å²) in [7, 11) is 3.21. The molecule has 0 bridgehead atoms. The van der Waals surface area contributed by atoms with Crippen molar-refractivity contribution < 1.29 is 23.9 Å². The number of methoxy groups -OCH3 is 2. The second kappa shape index (κ2) is 16.5. The van der Waals surface area contributed by atoms with Crippen molar-refractivity contribution >= 4 is 35.1 Å². The lowest BCUT2D eigenvalue weighted by Crippen LogP contribution is -2.55. The fraction of sp³-hybridized carbons (Fsp3) is 0.459. The van der Waals surface area contributed by atoms with Crippen LogP contribution in [0.15, 0.2) is 59.6 Å². The van der Waals surface area contributed by atoms with Crippen molar-refractivity contribution in [3.8, 4) is 11.5 Å². The Labute approximate surface area is 284 Å². The van der Waals surface area contributed by atoms with Gasteiger partial charge in [0.25, 0.3) is 0 Å². The molecule has 1 saturated heterocycles. The van der Waals surface area contributed by atoms with Gasteiger partial charge in [0.1, 0.15) is 17.3 Å². The van der Waals surface area contributed by atoms with E-state index in [2.05, 4.69) is 22.5 Å². The van der Waals surface area contributed by atoms with Crippen molar-refractivity contribution in [3.05, 3.63) is 71.3 Å². The van der Waals surface area contributed by atoms with Crippen LogP contribution in [-0.4, -0.2) is 67.6 Å². The summed E-state index contributed by atoms with van der Waals surface area (Å²) in [6.07, 6.45) is 7.14. The Morgan fingerprint density at radius 1 is 1.08 bits per heavy atom. The number of rotatable bonds is 12. The number of nitrogens with one attached hydrogen (secondary N) is 3. The molecule has 0 spiro atoms. The summed E-state index contributed by atoms with van der Waals surface area (Å²) in [5.41, 5.74) is 4.74. The van der Waals surface area contributed by atoms with E-state index in [1.165, 1.54) is 6.08 Å². The van der Waals surface area contributed by atoms with Crippen LogP contribution in [0.5, 0.6) is 11.5 Å². The van der Waals surface area contributed by atoms with Gasteiger partial charge in [-0.1, -0.05) is 44.6 Å². The van der Waals surface area contributed by atoms with Gasteiger partial charge in [-0.2, -0.15) is 0 Å². The third-order valence-corrected chi connectivity index (χ3v) is 9.03. The quantitative estimate of drug-likeness (QED) is 0.240. The van der Waals surface area contributed by atoms with E-state index in [1.807, 2.05) is 64.1 Å². The predicted molar refractivity (Wildman–Crippen MR) is 191 cm³/mol. The summed E-state index contributed by atoms with van der Waals surface area (Å²) in [6.45, 7) is 13.7. The lowest BCUT2D eigenvalue weighted by molar-refractivity contribution is -0.117. The van der Waals surface area contributed by atoms with Crippen molar-refractivity contribution in [2.75, 3.05) is 31.0 Å². The van der Waals surface area contributed by atoms with E-state index in [4.69, 9.17) is 14.5 Å². The van der Waals surface area contributed by atoms with Crippen molar-refractivity contribution in [2.24, 2.45) is 4.99 Å². The summed E-state index contributed by atoms with van der Waals surface area (Å²) in [6, 6.07) is 9.09. The number of carbonyl (C=O) groups excluding carboxylic acids is 3. The molecule has 4 rings (SSSR count). The monoisotopic (exact) mass is 658 g/mol. The summed E-state index contributed by atoms with van der Waals surface area (Å²) < 4.78 is 11.4. The van der Waals surface area contributed by atoms with E-state index in [9.17, 15) is 14.4 Å². The highest BCUT2D eigenvalue weighted by Crippen LogP contribution is 2.40. The van der Waals surface area contributed by atoms with E-state index in [1.54, 1.807) is 30.9 Å². The molecule has 2 fully saturated rings. The number of ether oxygens (including phenoxy) is 2. The largest absolute Gasteiger partial charge is 0.496 e. The molecule has 48 heavy (non-hydrogen) atoms. The van der Waals surface area contributed by atoms with Gasteiger partial charge >= 0.3 is 6.03 Å². The zero-order chi connectivity index (χ0) is 35.0. The first kappa shape index (κ1) is 36.2. The molecule has 11 nitrogen and oxygen atoms in total. The van der Waals surface area contributed by atoms with Crippen LogP contribution in [0, 0.1) is 13.8 Å². The van der Waals surface area contributed by atoms with Crippen molar-refractivity contribution in [1.82, 2.24) is 15.5 Å². The molecule has 0 aromatic heterocycles. The second-order valence-electron chi connectivity index (χ2n) is 12.3. The van der Waals surface area contributed by atoms with Crippen LogP contribution >= 0.6 is 0 Å². The van der Waals surface area contributed by atoms with E-state index < -0.39 is 0 Å². The van der Waals surface area contributed by atoms with E-state index in [0.717, 1.165) is 53.6 Å². The zero-order valence-corrected chi connectivity index (χ0v) is 29.3. The second-order valence-corrected chi connectivity index (χ2v) is 12.3. The number of aliphatic imine (C=N–C) groups is 1. The molecule has 2 aromatic rings. The standard InChI is InChI=1S/C37H50N6O5/c1-9-27-22-42(35-23(4)31(47-7)20-32(48-8)24(35)5)37(46)43(21-26-15-14-16-28(19-26)40-33(44)10-2)36(27)39-25(6)38-29-17-12-13-18-30(29)41-34(45)11-3/h9,11,14-16,19-20,25,29-30,38H,3,10,12-13,17-18,21-22H2,1-2,4-8H3,(H,40,44)(H,41,45)/b27-9-,39-36+. The number of anilines is 2. The minimum Gasteiger partial charge on any atom is -0.496 e. The molecule has 11 heteroatoms. The number of carbonyl (C=O) groups is 3. The van der Waals surface area contributed by atoms with Crippen molar-refractivity contribution in [1.29, 1.82) is 0 Å². The maximum Gasteiger partial charge on any atom is 0.330 e. The average molecular weight is 659 g/mol. The van der Waals surface area contributed by atoms with E-state index in [0.29, 0.717) is 36.0 Å².